The van der Waals surface area contributed by atoms with Crippen molar-refractivity contribution in [3.8, 4) is 0 Å². The summed E-state index contributed by atoms with van der Waals surface area (Å²) in [5, 5.41) is 8.06. The number of sulfonamides is 1. The highest BCUT2D eigenvalue weighted by Gasteiger charge is 2.21. The number of anilines is 1. The zero-order valence-electron chi connectivity index (χ0n) is 9.72. The maximum Gasteiger partial charge on any atom is 0.266 e. The van der Waals surface area contributed by atoms with E-state index >= 15 is 0 Å². The van der Waals surface area contributed by atoms with E-state index in [1.165, 1.54) is 0 Å². The van der Waals surface area contributed by atoms with Gasteiger partial charge in [-0.2, -0.15) is 0 Å². The first-order chi connectivity index (χ1) is 8.92. The molecule has 9 heteroatoms. The lowest BCUT2D eigenvalue weighted by Crippen LogP contribution is -2.14. The van der Waals surface area contributed by atoms with E-state index in [-0.39, 0.29) is 5.13 Å². The average Bonchev–Trinajstić information content (AvgIpc) is 2.75. The Bertz CT molecular complexity index is 701. The molecule has 102 valence electrons. The van der Waals surface area contributed by atoms with Gasteiger partial charge >= 0.3 is 0 Å². The van der Waals surface area contributed by atoms with Crippen molar-refractivity contribution in [2.24, 2.45) is 0 Å². The highest BCUT2D eigenvalue weighted by molar-refractivity contribution is 7.93. The van der Waals surface area contributed by atoms with Gasteiger partial charge < -0.3 is 0 Å². The summed E-state index contributed by atoms with van der Waals surface area (Å²) in [7, 11) is -4.14. The van der Waals surface area contributed by atoms with E-state index in [9.17, 15) is 17.2 Å². The summed E-state index contributed by atoms with van der Waals surface area (Å²) in [6.45, 7) is 1.85. The smallest absolute Gasteiger partial charge is 0.253 e. The summed E-state index contributed by atoms with van der Waals surface area (Å²) in [5.74, 6) is -2.01. The SMILES string of the molecule is CCc1nnc(NS(=O)(=O)c2ccc(F)cc2F)s1. The van der Waals surface area contributed by atoms with E-state index in [4.69, 9.17) is 0 Å². The van der Waals surface area contributed by atoms with Gasteiger partial charge in [-0.25, -0.2) is 17.2 Å². The number of nitrogens with one attached hydrogen (secondary N) is 1. The molecule has 0 saturated heterocycles. The molecular formula is C10H9F2N3O2S2. The van der Waals surface area contributed by atoms with Crippen LogP contribution in [0.2, 0.25) is 0 Å². The number of hydrogen-bond acceptors (Lipinski definition) is 5. The van der Waals surface area contributed by atoms with Crippen molar-refractivity contribution in [1.29, 1.82) is 0 Å². The molecule has 0 aliphatic heterocycles. The van der Waals surface area contributed by atoms with Crippen LogP contribution in [0, 0.1) is 11.6 Å². The molecule has 0 amide bonds. The van der Waals surface area contributed by atoms with E-state index in [2.05, 4.69) is 14.9 Å². The van der Waals surface area contributed by atoms with Crippen LogP contribution in [-0.4, -0.2) is 18.6 Å². The molecule has 1 aromatic heterocycles. The third-order valence-electron chi connectivity index (χ3n) is 2.17. The molecule has 0 spiro atoms. The fraction of sp³-hybridized carbons (Fsp3) is 0.200. The number of aryl methyl sites for hydroxylation is 1. The minimum atomic E-state index is -4.14. The zero-order valence-corrected chi connectivity index (χ0v) is 11.4. The number of nitrogens with zero attached hydrogens (tertiary/aromatic N) is 2. The van der Waals surface area contributed by atoms with Crippen LogP contribution in [0.25, 0.3) is 0 Å². The lowest BCUT2D eigenvalue weighted by atomic mass is 10.3. The lowest BCUT2D eigenvalue weighted by Gasteiger charge is -2.05. The highest BCUT2D eigenvalue weighted by atomic mass is 32.2. The van der Waals surface area contributed by atoms with E-state index in [1.54, 1.807) is 0 Å². The second-order valence-electron chi connectivity index (χ2n) is 3.53. The van der Waals surface area contributed by atoms with Gasteiger partial charge in [0.25, 0.3) is 10.0 Å². The summed E-state index contributed by atoms with van der Waals surface area (Å²) >= 11 is 1.05. The van der Waals surface area contributed by atoms with Crippen LogP contribution < -0.4 is 4.72 Å². The van der Waals surface area contributed by atoms with Crippen molar-refractivity contribution in [1.82, 2.24) is 10.2 Å². The lowest BCUT2D eigenvalue weighted by molar-refractivity contribution is 0.551. The van der Waals surface area contributed by atoms with Crippen LogP contribution in [0.1, 0.15) is 11.9 Å². The molecule has 19 heavy (non-hydrogen) atoms. The van der Waals surface area contributed by atoms with Crippen molar-refractivity contribution in [3.63, 3.8) is 0 Å². The average molecular weight is 305 g/mol. The van der Waals surface area contributed by atoms with Crippen molar-refractivity contribution >= 4 is 26.5 Å². The quantitative estimate of drug-likeness (QED) is 0.939. The Balaban J connectivity index is 2.32. The van der Waals surface area contributed by atoms with Crippen LogP contribution in [0.15, 0.2) is 23.1 Å². The number of rotatable bonds is 4. The molecule has 5 nitrogen and oxygen atoms in total. The van der Waals surface area contributed by atoms with Crippen molar-refractivity contribution in [2.45, 2.75) is 18.2 Å². The molecule has 0 radical (unpaired) electrons. The Hall–Kier alpha value is -1.61. The molecule has 2 aromatic rings. The molecule has 0 aliphatic carbocycles. The first kappa shape index (κ1) is 13.8. The van der Waals surface area contributed by atoms with Crippen LogP contribution in [0.3, 0.4) is 0 Å². The third kappa shape index (κ3) is 3.04. The summed E-state index contributed by atoms with van der Waals surface area (Å²) in [5.41, 5.74) is 0. The summed E-state index contributed by atoms with van der Waals surface area (Å²) < 4.78 is 52.1. The van der Waals surface area contributed by atoms with Gasteiger partial charge in [0.15, 0.2) is 0 Å². The fourth-order valence-corrected chi connectivity index (χ4v) is 3.27. The maximum atomic E-state index is 13.4. The normalized spacial score (nSPS) is 11.5. The predicted molar refractivity (Wildman–Crippen MR) is 66.5 cm³/mol. The number of halogens is 2. The standard InChI is InChI=1S/C10H9F2N3O2S2/c1-2-9-13-14-10(18-9)15-19(16,17)8-4-3-6(11)5-7(8)12/h3-5H,2H2,1H3,(H,14,15). The van der Waals surface area contributed by atoms with E-state index < -0.39 is 26.6 Å². The maximum absolute atomic E-state index is 13.4. The molecule has 0 atom stereocenters. The van der Waals surface area contributed by atoms with Crippen molar-refractivity contribution in [2.75, 3.05) is 4.72 Å². The first-order valence-corrected chi connectivity index (χ1v) is 7.52. The molecule has 0 fully saturated rings. The first-order valence-electron chi connectivity index (χ1n) is 5.22. The van der Waals surface area contributed by atoms with Gasteiger partial charge in [0.1, 0.15) is 21.5 Å². The van der Waals surface area contributed by atoms with Crippen LogP contribution >= 0.6 is 11.3 Å². The van der Waals surface area contributed by atoms with Gasteiger partial charge in [0, 0.05) is 6.07 Å². The van der Waals surface area contributed by atoms with Gasteiger partial charge in [-0.3, -0.25) is 4.72 Å². The molecule has 0 unspecified atom stereocenters. The van der Waals surface area contributed by atoms with E-state index in [0.717, 1.165) is 23.5 Å². The molecule has 2 rings (SSSR count). The van der Waals surface area contributed by atoms with Gasteiger partial charge in [-0.05, 0) is 18.6 Å². The van der Waals surface area contributed by atoms with Crippen molar-refractivity contribution in [3.05, 3.63) is 34.8 Å². The Morgan fingerprint density at radius 2 is 2.05 bits per heavy atom. The monoisotopic (exact) mass is 305 g/mol. The van der Waals surface area contributed by atoms with Crippen LogP contribution in [0.4, 0.5) is 13.9 Å². The number of aromatic nitrogens is 2. The highest BCUT2D eigenvalue weighted by Crippen LogP contribution is 2.22. The number of benzene rings is 1. The summed E-state index contributed by atoms with van der Waals surface area (Å²) in [6.07, 6.45) is 0.615. The predicted octanol–water partition coefficient (Wildman–Crippen LogP) is 2.18. The van der Waals surface area contributed by atoms with Crippen LogP contribution in [0.5, 0.6) is 0 Å². The summed E-state index contributed by atoms with van der Waals surface area (Å²) in [6, 6.07) is 2.23. The van der Waals surface area contributed by atoms with E-state index in [1.807, 2.05) is 6.92 Å². The zero-order chi connectivity index (χ0) is 14.0. The summed E-state index contributed by atoms with van der Waals surface area (Å²) in [4.78, 5) is -0.637. The fourth-order valence-electron chi connectivity index (χ4n) is 1.30. The molecule has 0 bridgehead atoms. The van der Waals surface area contributed by atoms with E-state index in [0.29, 0.717) is 17.5 Å². The molecule has 0 saturated carbocycles. The van der Waals surface area contributed by atoms with Crippen LogP contribution in [-0.2, 0) is 16.4 Å². The molecule has 1 N–H and O–H groups in total. The van der Waals surface area contributed by atoms with Gasteiger partial charge in [0.2, 0.25) is 5.13 Å². The topological polar surface area (TPSA) is 72.0 Å². The Labute approximate surface area is 112 Å². The molecule has 1 heterocycles. The minimum Gasteiger partial charge on any atom is -0.253 e. The Morgan fingerprint density at radius 3 is 2.63 bits per heavy atom. The largest absolute Gasteiger partial charge is 0.266 e. The second kappa shape index (κ2) is 5.17. The Morgan fingerprint density at radius 1 is 1.32 bits per heavy atom. The van der Waals surface area contributed by atoms with Crippen molar-refractivity contribution < 1.29 is 17.2 Å². The van der Waals surface area contributed by atoms with Gasteiger partial charge in [-0.15, -0.1) is 10.2 Å². The number of hydrogen-bond donors (Lipinski definition) is 1. The molecular weight excluding hydrogens is 296 g/mol. The minimum absolute atomic E-state index is 0.0422. The van der Waals surface area contributed by atoms with Gasteiger partial charge in [-0.1, -0.05) is 18.3 Å². The Kier molecular flexibility index (Phi) is 3.76. The third-order valence-corrected chi connectivity index (χ3v) is 4.66. The van der Waals surface area contributed by atoms with Gasteiger partial charge in [0.05, 0.1) is 0 Å². The molecule has 0 aliphatic rings. The molecule has 1 aromatic carbocycles. The second-order valence-corrected chi connectivity index (χ2v) is 6.25.